The van der Waals surface area contributed by atoms with Crippen molar-refractivity contribution in [3.8, 4) is 16.3 Å². The van der Waals surface area contributed by atoms with Crippen molar-refractivity contribution in [2.45, 2.75) is 25.6 Å². The number of amides is 1. The molecule has 12 heteroatoms. The van der Waals surface area contributed by atoms with Crippen LogP contribution < -0.4 is 0 Å². The zero-order valence-corrected chi connectivity index (χ0v) is 22.3. The Bertz CT molecular complexity index is 1800. The summed E-state index contributed by atoms with van der Waals surface area (Å²) in [5, 5.41) is 20.3. The Balaban J connectivity index is 1.46. The summed E-state index contributed by atoms with van der Waals surface area (Å²) in [6, 6.07) is 18.7. The summed E-state index contributed by atoms with van der Waals surface area (Å²) >= 11 is 7.08. The molecule has 0 bridgehead atoms. The fourth-order valence-corrected chi connectivity index (χ4v) is 5.61. The number of carbonyl (C=O) groups is 1. The number of rotatable bonds is 4. The molecule has 1 atom stereocenters. The van der Waals surface area contributed by atoms with Gasteiger partial charge in [0, 0.05) is 18.1 Å². The summed E-state index contributed by atoms with van der Waals surface area (Å²) in [5.41, 5.74) is 1.44. The van der Waals surface area contributed by atoms with E-state index < -0.39 is 23.8 Å². The number of hydrogen-bond acceptors (Lipinski definition) is 6. The van der Waals surface area contributed by atoms with Crippen molar-refractivity contribution < 1.29 is 23.1 Å². The lowest BCUT2D eigenvalue weighted by Crippen LogP contribution is -2.27. The van der Waals surface area contributed by atoms with E-state index in [4.69, 9.17) is 11.6 Å². The highest BCUT2D eigenvalue weighted by atomic mass is 35.5. The molecule has 0 radical (unpaired) electrons. The number of hydrogen-bond donors (Lipinski definition) is 1. The van der Waals surface area contributed by atoms with Crippen molar-refractivity contribution in [2.24, 2.45) is 5.10 Å². The van der Waals surface area contributed by atoms with Crippen molar-refractivity contribution in [2.75, 3.05) is 0 Å². The molecule has 0 saturated heterocycles. The number of hydrazone groups is 1. The molecule has 1 aliphatic rings. The van der Waals surface area contributed by atoms with Crippen LogP contribution in [-0.2, 0) is 6.18 Å². The van der Waals surface area contributed by atoms with E-state index in [0.717, 1.165) is 28.5 Å². The van der Waals surface area contributed by atoms with E-state index in [2.05, 4.69) is 15.2 Å². The van der Waals surface area contributed by atoms with E-state index in [-0.39, 0.29) is 29.2 Å². The Morgan fingerprint density at radius 1 is 1.07 bits per heavy atom. The summed E-state index contributed by atoms with van der Waals surface area (Å²) in [6.07, 6.45) is -4.48. The minimum atomic E-state index is -4.77. The lowest BCUT2D eigenvalue weighted by atomic mass is 9.97. The van der Waals surface area contributed by atoms with Crippen LogP contribution in [0.5, 0.6) is 5.75 Å². The molecule has 5 aromatic rings. The quantitative estimate of drug-likeness (QED) is 0.245. The van der Waals surface area contributed by atoms with Crippen LogP contribution in [0.2, 0.25) is 4.34 Å². The zero-order valence-electron chi connectivity index (χ0n) is 20.7. The van der Waals surface area contributed by atoms with Crippen LogP contribution in [0.1, 0.15) is 45.3 Å². The summed E-state index contributed by atoms with van der Waals surface area (Å²) in [7, 11) is 0. The Labute approximate surface area is 234 Å². The molecule has 40 heavy (non-hydrogen) atoms. The molecular weight excluding hydrogens is 563 g/mol. The summed E-state index contributed by atoms with van der Waals surface area (Å²) in [4.78, 5) is 18.6. The highest BCUT2D eigenvalue weighted by Gasteiger charge is 2.38. The first-order valence-electron chi connectivity index (χ1n) is 12.1. The van der Waals surface area contributed by atoms with Gasteiger partial charge in [-0.3, -0.25) is 4.79 Å². The molecule has 2 aromatic carbocycles. The molecule has 7 nitrogen and oxygen atoms in total. The monoisotopic (exact) mass is 581 g/mol. The maximum atomic E-state index is 14.1. The van der Waals surface area contributed by atoms with Crippen molar-refractivity contribution in [3.63, 3.8) is 0 Å². The molecule has 3 aromatic heterocycles. The molecular formula is C28H19ClF3N5O2S. The lowest BCUT2D eigenvalue weighted by Gasteiger charge is -2.21. The number of para-hydroxylation sites is 1. The van der Waals surface area contributed by atoms with Gasteiger partial charge in [0.1, 0.15) is 5.75 Å². The first-order valence-corrected chi connectivity index (χ1v) is 13.3. The molecule has 0 spiro atoms. The van der Waals surface area contributed by atoms with Crippen LogP contribution in [0.25, 0.3) is 16.2 Å². The molecule has 6 rings (SSSR count). The molecule has 1 aliphatic heterocycles. The van der Waals surface area contributed by atoms with Gasteiger partial charge in [0.25, 0.3) is 5.91 Å². The number of aromatic nitrogens is 3. The van der Waals surface area contributed by atoms with Crippen molar-refractivity contribution in [1.82, 2.24) is 19.6 Å². The number of aromatic hydroxyl groups is 1. The number of benzene rings is 2. The number of fused-ring (bicyclic) bond motifs is 1. The van der Waals surface area contributed by atoms with Gasteiger partial charge in [-0.15, -0.1) is 11.3 Å². The van der Waals surface area contributed by atoms with Gasteiger partial charge in [-0.25, -0.2) is 14.5 Å². The van der Waals surface area contributed by atoms with Gasteiger partial charge >= 0.3 is 6.18 Å². The summed E-state index contributed by atoms with van der Waals surface area (Å²) in [5.74, 6) is -0.754. The third kappa shape index (κ3) is 4.71. The van der Waals surface area contributed by atoms with Gasteiger partial charge in [-0.1, -0.05) is 59.6 Å². The zero-order chi connectivity index (χ0) is 28.2. The number of nitrogens with zero attached hydrogens (tertiary/aromatic N) is 5. The van der Waals surface area contributed by atoms with Gasteiger partial charge in [0.2, 0.25) is 0 Å². The van der Waals surface area contributed by atoms with Crippen LogP contribution in [0.4, 0.5) is 13.2 Å². The largest absolute Gasteiger partial charge is 0.508 e. The highest BCUT2D eigenvalue weighted by molar-refractivity contribution is 7.19. The molecule has 0 unspecified atom stereocenters. The van der Waals surface area contributed by atoms with Crippen LogP contribution in [-0.4, -0.2) is 36.3 Å². The van der Waals surface area contributed by atoms with E-state index in [1.165, 1.54) is 17.1 Å². The van der Waals surface area contributed by atoms with Gasteiger partial charge in [-0.05, 0) is 36.8 Å². The Kier molecular flexibility index (Phi) is 6.35. The second-order valence-corrected chi connectivity index (χ2v) is 11.0. The average Bonchev–Trinajstić information content (AvgIpc) is 3.66. The number of alkyl halides is 3. The maximum Gasteiger partial charge on any atom is 0.433 e. The fourth-order valence-electron chi connectivity index (χ4n) is 4.61. The van der Waals surface area contributed by atoms with Crippen LogP contribution in [0, 0.1) is 6.92 Å². The van der Waals surface area contributed by atoms with Gasteiger partial charge in [0.05, 0.1) is 26.7 Å². The van der Waals surface area contributed by atoms with E-state index in [9.17, 15) is 23.1 Å². The SMILES string of the molecule is Cc1ccc(C2=NN(C(=O)c3cc4nc(-c5ccc(Cl)s5)cc(C(F)(F)F)n4n3)[C@H](c3ccccc3O)C2)cc1. The smallest absolute Gasteiger partial charge is 0.433 e. The maximum absolute atomic E-state index is 14.1. The standard InChI is InChI=1S/C28H19ClF3N5O2S/c1-15-6-8-16(9-7-15)18-12-21(17-4-2-3-5-22(17)38)36(34-18)27(39)20-14-26-33-19(23-10-11-25(29)40-23)13-24(28(30,31)32)37(26)35-20/h2-11,13-14,21,38H,12H2,1H3/t21-/m0/s1. The molecule has 0 aliphatic carbocycles. The van der Waals surface area contributed by atoms with E-state index in [1.54, 1.807) is 30.3 Å². The van der Waals surface area contributed by atoms with Gasteiger partial charge in [0.15, 0.2) is 17.0 Å². The number of phenolic OH excluding ortho intramolecular Hbond substituents is 1. The number of halogens is 4. The molecule has 202 valence electrons. The number of thiophene rings is 1. The topological polar surface area (TPSA) is 83.1 Å². The Morgan fingerprint density at radius 3 is 2.50 bits per heavy atom. The third-order valence-corrected chi connectivity index (χ3v) is 7.82. The Morgan fingerprint density at radius 2 is 1.82 bits per heavy atom. The molecule has 1 N–H and O–H groups in total. The normalized spacial score (nSPS) is 15.6. The minimum Gasteiger partial charge on any atom is -0.508 e. The van der Waals surface area contributed by atoms with Crippen LogP contribution in [0.3, 0.4) is 0 Å². The molecule has 0 saturated carbocycles. The predicted molar refractivity (Wildman–Crippen MR) is 146 cm³/mol. The van der Waals surface area contributed by atoms with Crippen LogP contribution >= 0.6 is 22.9 Å². The molecule has 4 heterocycles. The lowest BCUT2D eigenvalue weighted by molar-refractivity contribution is -0.142. The van der Waals surface area contributed by atoms with E-state index in [0.29, 0.717) is 25.0 Å². The second kappa shape index (κ2) is 9.76. The summed E-state index contributed by atoms with van der Waals surface area (Å²) < 4.78 is 43.2. The second-order valence-electron chi connectivity index (χ2n) is 9.27. The van der Waals surface area contributed by atoms with Gasteiger partial charge in [-0.2, -0.15) is 23.4 Å². The van der Waals surface area contributed by atoms with Crippen molar-refractivity contribution >= 4 is 40.2 Å². The first-order chi connectivity index (χ1) is 19.1. The van der Waals surface area contributed by atoms with Crippen LogP contribution in [0.15, 0.2) is 77.9 Å². The minimum absolute atomic E-state index is 0.0269. The van der Waals surface area contributed by atoms with Crippen molar-refractivity contribution in [1.29, 1.82) is 0 Å². The first kappa shape index (κ1) is 26.0. The number of phenols is 1. The molecule has 1 amide bonds. The summed E-state index contributed by atoms with van der Waals surface area (Å²) in [6.45, 7) is 1.95. The number of aryl methyl sites for hydroxylation is 1. The van der Waals surface area contributed by atoms with Crippen molar-refractivity contribution in [3.05, 3.63) is 105 Å². The number of carbonyl (C=O) groups excluding carboxylic acids is 1. The fraction of sp³-hybridized carbons (Fsp3) is 0.143. The third-order valence-electron chi connectivity index (χ3n) is 6.56. The molecule has 0 fully saturated rings. The van der Waals surface area contributed by atoms with Gasteiger partial charge < -0.3 is 5.11 Å². The highest BCUT2D eigenvalue weighted by Crippen LogP contribution is 2.39. The Hall–Kier alpha value is -4.22. The predicted octanol–water partition coefficient (Wildman–Crippen LogP) is 7.14. The van der Waals surface area contributed by atoms with E-state index >= 15 is 0 Å². The average molecular weight is 582 g/mol. The van der Waals surface area contributed by atoms with E-state index in [1.807, 2.05) is 31.2 Å².